The van der Waals surface area contributed by atoms with Gasteiger partial charge in [0, 0.05) is 19.0 Å². The van der Waals surface area contributed by atoms with E-state index in [2.05, 4.69) is 0 Å². The van der Waals surface area contributed by atoms with Gasteiger partial charge in [0.1, 0.15) is 6.42 Å². The highest BCUT2D eigenvalue weighted by molar-refractivity contribution is 5.78. The summed E-state index contributed by atoms with van der Waals surface area (Å²) >= 11 is 0. The number of nitriles is 1. The predicted molar refractivity (Wildman–Crippen MR) is 40.9 cm³/mol. The van der Waals surface area contributed by atoms with E-state index in [0.29, 0.717) is 13.0 Å². The van der Waals surface area contributed by atoms with Gasteiger partial charge in [-0.05, 0) is 6.42 Å². The summed E-state index contributed by atoms with van der Waals surface area (Å²) < 4.78 is 24.3. The van der Waals surface area contributed by atoms with E-state index in [-0.39, 0.29) is 18.9 Å². The minimum Gasteiger partial charge on any atom is -0.341 e. The van der Waals surface area contributed by atoms with Crippen molar-refractivity contribution < 1.29 is 13.6 Å². The summed E-state index contributed by atoms with van der Waals surface area (Å²) in [5, 5.41) is 8.23. The Bertz CT molecular complexity index is 237. The number of halogens is 2. The first-order chi connectivity index (χ1) is 6.15. The molecule has 1 saturated heterocycles. The van der Waals surface area contributed by atoms with E-state index in [1.165, 1.54) is 4.90 Å². The second-order valence-electron chi connectivity index (χ2n) is 3.06. The van der Waals surface area contributed by atoms with Crippen LogP contribution in [-0.4, -0.2) is 30.3 Å². The second kappa shape index (κ2) is 4.17. The average Bonchev–Trinajstić information content (AvgIpc) is 2.52. The molecular formula is C8H10F2N2O. The molecule has 1 fully saturated rings. The number of carbonyl (C=O) groups is 1. The van der Waals surface area contributed by atoms with E-state index >= 15 is 0 Å². The topological polar surface area (TPSA) is 44.1 Å². The largest absolute Gasteiger partial charge is 0.341 e. The number of rotatable bonds is 2. The summed E-state index contributed by atoms with van der Waals surface area (Å²) in [5.74, 6) is -1.05. The van der Waals surface area contributed by atoms with E-state index in [4.69, 9.17) is 5.26 Å². The van der Waals surface area contributed by atoms with Crippen molar-refractivity contribution in [3.8, 4) is 6.07 Å². The zero-order valence-corrected chi connectivity index (χ0v) is 7.04. The van der Waals surface area contributed by atoms with Crippen LogP contribution >= 0.6 is 0 Å². The number of hydrogen-bond donors (Lipinski definition) is 0. The third kappa shape index (κ3) is 2.38. The van der Waals surface area contributed by atoms with Crippen molar-refractivity contribution in [3.63, 3.8) is 0 Å². The van der Waals surface area contributed by atoms with Crippen LogP contribution in [-0.2, 0) is 4.79 Å². The van der Waals surface area contributed by atoms with Crippen molar-refractivity contribution in [2.45, 2.75) is 19.3 Å². The van der Waals surface area contributed by atoms with Gasteiger partial charge in [-0.3, -0.25) is 4.79 Å². The van der Waals surface area contributed by atoms with Crippen LogP contribution in [0.15, 0.2) is 0 Å². The lowest BCUT2D eigenvalue weighted by molar-refractivity contribution is -0.129. The number of nitrogens with zero attached hydrogens (tertiary/aromatic N) is 2. The Balaban J connectivity index is 2.41. The van der Waals surface area contributed by atoms with Crippen molar-refractivity contribution in [1.29, 1.82) is 5.26 Å². The van der Waals surface area contributed by atoms with Gasteiger partial charge < -0.3 is 4.90 Å². The van der Waals surface area contributed by atoms with Crippen molar-refractivity contribution >= 4 is 5.91 Å². The van der Waals surface area contributed by atoms with Crippen molar-refractivity contribution in [3.05, 3.63) is 0 Å². The summed E-state index contributed by atoms with van der Waals surface area (Å²) in [5.41, 5.74) is 0. The van der Waals surface area contributed by atoms with Crippen LogP contribution in [0, 0.1) is 17.2 Å². The van der Waals surface area contributed by atoms with E-state index < -0.39 is 12.3 Å². The van der Waals surface area contributed by atoms with Crippen LogP contribution in [0.3, 0.4) is 0 Å². The van der Waals surface area contributed by atoms with Gasteiger partial charge in [-0.15, -0.1) is 0 Å². The molecule has 0 aromatic rings. The highest BCUT2D eigenvalue weighted by atomic mass is 19.3. The molecule has 72 valence electrons. The summed E-state index contributed by atoms with van der Waals surface area (Å²) in [6, 6.07) is 1.71. The molecule has 1 aliphatic heterocycles. The third-order valence-electron chi connectivity index (χ3n) is 2.16. The summed E-state index contributed by atoms with van der Waals surface area (Å²) in [7, 11) is 0. The molecule has 0 aromatic heterocycles. The molecule has 0 aliphatic carbocycles. The molecule has 5 heteroatoms. The lowest BCUT2D eigenvalue weighted by Crippen LogP contribution is -2.29. The molecule has 13 heavy (non-hydrogen) atoms. The molecule has 0 radical (unpaired) electrons. The van der Waals surface area contributed by atoms with Crippen LogP contribution in [0.2, 0.25) is 0 Å². The van der Waals surface area contributed by atoms with Gasteiger partial charge in [-0.2, -0.15) is 5.26 Å². The predicted octanol–water partition coefficient (Wildman–Crippen LogP) is 1.01. The Morgan fingerprint density at radius 1 is 1.69 bits per heavy atom. The molecule has 0 saturated carbocycles. The van der Waals surface area contributed by atoms with Crippen LogP contribution in [0.5, 0.6) is 0 Å². The van der Waals surface area contributed by atoms with Crippen LogP contribution in [0.4, 0.5) is 8.78 Å². The Kier molecular flexibility index (Phi) is 3.18. The van der Waals surface area contributed by atoms with E-state index in [1.807, 2.05) is 0 Å². The number of hydrogen-bond acceptors (Lipinski definition) is 2. The first kappa shape index (κ1) is 9.90. The maximum Gasteiger partial charge on any atom is 0.243 e. The van der Waals surface area contributed by atoms with Crippen molar-refractivity contribution in [2.75, 3.05) is 13.1 Å². The average molecular weight is 188 g/mol. The first-order valence-electron chi connectivity index (χ1n) is 4.08. The minimum atomic E-state index is -2.36. The molecule has 1 aliphatic rings. The van der Waals surface area contributed by atoms with Gasteiger partial charge in [0.05, 0.1) is 6.07 Å². The zero-order chi connectivity index (χ0) is 9.84. The molecule has 1 rings (SSSR count). The van der Waals surface area contributed by atoms with Crippen molar-refractivity contribution in [2.24, 2.45) is 5.92 Å². The fourth-order valence-corrected chi connectivity index (χ4v) is 1.40. The van der Waals surface area contributed by atoms with Crippen LogP contribution in [0.25, 0.3) is 0 Å². The maximum atomic E-state index is 12.2. The molecule has 0 aromatic carbocycles. The maximum absolute atomic E-state index is 12.2. The fourth-order valence-electron chi connectivity index (χ4n) is 1.40. The van der Waals surface area contributed by atoms with E-state index in [9.17, 15) is 13.6 Å². The molecule has 3 nitrogen and oxygen atoms in total. The molecule has 0 unspecified atom stereocenters. The molecule has 0 bridgehead atoms. The zero-order valence-electron chi connectivity index (χ0n) is 7.04. The van der Waals surface area contributed by atoms with Crippen LogP contribution in [0.1, 0.15) is 12.8 Å². The Morgan fingerprint density at radius 3 is 2.85 bits per heavy atom. The molecule has 1 atom stereocenters. The van der Waals surface area contributed by atoms with Crippen LogP contribution < -0.4 is 0 Å². The monoisotopic (exact) mass is 188 g/mol. The molecular weight excluding hydrogens is 178 g/mol. The SMILES string of the molecule is N#CCC(=O)N1CC[C@@H](C(F)F)C1. The Morgan fingerprint density at radius 2 is 2.38 bits per heavy atom. The summed E-state index contributed by atoms with van der Waals surface area (Å²) in [4.78, 5) is 12.4. The van der Waals surface area contributed by atoms with Gasteiger partial charge in [-0.25, -0.2) is 8.78 Å². The van der Waals surface area contributed by atoms with Gasteiger partial charge in [0.15, 0.2) is 0 Å². The molecule has 0 spiro atoms. The van der Waals surface area contributed by atoms with E-state index in [0.717, 1.165) is 0 Å². The van der Waals surface area contributed by atoms with Gasteiger partial charge >= 0.3 is 0 Å². The van der Waals surface area contributed by atoms with Gasteiger partial charge in [0.2, 0.25) is 12.3 Å². The Hall–Kier alpha value is -1.18. The Labute approximate surface area is 74.9 Å². The van der Waals surface area contributed by atoms with E-state index in [1.54, 1.807) is 6.07 Å². The lowest BCUT2D eigenvalue weighted by atomic mass is 10.1. The normalized spacial score (nSPS) is 22.0. The number of amides is 1. The van der Waals surface area contributed by atoms with Crippen molar-refractivity contribution in [1.82, 2.24) is 4.90 Å². The number of carbonyl (C=O) groups excluding carboxylic acids is 1. The molecule has 1 amide bonds. The van der Waals surface area contributed by atoms with Gasteiger partial charge in [-0.1, -0.05) is 0 Å². The quantitative estimate of drug-likeness (QED) is 0.649. The fraction of sp³-hybridized carbons (Fsp3) is 0.750. The number of alkyl halides is 2. The summed E-state index contributed by atoms with van der Waals surface area (Å²) in [6.45, 7) is 0.452. The first-order valence-corrected chi connectivity index (χ1v) is 4.08. The molecule has 1 heterocycles. The van der Waals surface area contributed by atoms with Gasteiger partial charge in [0.25, 0.3) is 0 Å². The highest BCUT2D eigenvalue weighted by Gasteiger charge is 2.31. The second-order valence-corrected chi connectivity index (χ2v) is 3.06. The highest BCUT2D eigenvalue weighted by Crippen LogP contribution is 2.22. The summed E-state index contributed by atoms with van der Waals surface area (Å²) in [6.07, 6.45) is -2.23. The minimum absolute atomic E-state index is 0.0954. The number of likely N-dealkylation sites (tertiary alicyclic amines) is 1. The molecule has 0 N–H and O–H groups in total. The smallest absolute Gasteiger partial charge is 0.243 e. The standard InChI is InChI=1S/C8H10F2N2O/c9-8(10)6-2-4-12(5-6)7(13)1-3-11/h6,8H,1-2,4-5H2/t6-/m1/s1. The third-order valence-corrected chi connectivity index (χ3v) is 2.16. The lowest BCUT2D eigenvalue weighted by Gasteiger charge is -2.14.